The standard InChI is InChI=1S/C21H22N2O7/c1-5-28-14-6-7-16-15(10-14)13(2)11-21(3,4)22(16)18(24)12-29-20(25)17-8-9-19(30-17)23(26)27/h6-11H,5,12H2,1-4H3. The van der Waals surface area contributed by atoms with E-state index < -0.39 is 34.8 Å². The van der Waals surface area contributed by atoms with E-state index >= 15 is 0 Å². The number of anilines is 1. The molecule has 0 radical (unpaired) electrons. The summed E-state index contributed by atoms with van der Waals surface area (Å²) in [5, 5.41) is 10.7. The number of carbonyl (C=O) groups is 2. The highest BCUT2D eigenvalue weighted by Gasteiger charge is 2.36. The van der Waals surface area contributed by atoms with Gasteiger partial charge in [-0.2, -0.15) is 0 Å². The zero-order valence-electron chi connectivity index (χ0n) is 17.1. The van der Waals surface area contributed by atoms with Crippen LogP contribution in [0.25, 0.3) is 5.57 Å². The lowest BCUT2D eigenvalue weighted by Gasteiger charge is -2.41. The lowest BCUT2D eigenvalue weighted by Crippen LogP contribution is -2.50. The van der Waals surface area contributed by atoms with Gasteiger partial charge in [0.05, 0.1) is 23.9 Å². The van der Waals surface area contributed by atoms with Crippen LogP contribution < -0.4 is 9.64 Å². The Balaban J connectivity index is 1.80. The second-order valence-corrected chi connectivity index (χ2v) is 7.29. The predicted molar refractivity (Wildman–Crippen MR) is 108 cm³/mol. The Hall–Kier alpha value is -3.62. The third-order valence-electron chi connectivity index (χ3n) is 4.64. The highest BCUT2D eigenvalue weighted by atomic mass is 16.7. The molecule has 1 aliphatic rings. The third kappa shape index (κ3) is 4.05. The van der Waals surface area contributed by atoms with E-state index in [4.69, 9.17) is 13.9 Å². The number of benzene rings is 1. The molecule has 2 aromatic rings. The molecular formula is C21H22N2O7. The molecule has 0 saturated heterocycles. The average molecular weight is 414 g/mol. The van der Waals surface area contributed by atoms with Gasteiger partial charge in [-0.25, -0.2) is 4.79 Å². The number of carbonyl (C=O) groups excluding carboxylic acids is 2. The van der Waals surface area contributed by atoms with Gasteiger partial charge >= 0.3 is 11.9 Å². The van der Waals surface area contributed by atoms with E-state index in [0.29, 0.717) is 18.0 Å². The quantitative estimate of drug-likeness (QED) is 0.399. The van der Waals surface area contributed by atoms with Crippen LogP contribution in [0.4, 0.5) is 11.6 Å². The minimum Gasteiger partial charge on any atom is -0.494 e. The first-order chi connectivity index (χ1) is 14.1. The van der Waals surface area contributed by atoms with Crippen molar-refractivity contribution in [3.63, 3.8) is 0 Å². The predicted octanol–water partition coefficient (Wildman–Crippen LogP) is 3.97. The second-order valence-electron chi connectivity index (χ2n) is 7.29. The fourth-order valence-electron chi connectivity index (χ4n) is 3.52. The molecular weight excluding hydrogens is 392 g/mol. The van der Waals surface area contributed by atoms with Gasteiger partial charge in [-0.3, -0.25) is 19.8 Å². The number of amides is 1. The third-order valence-corrected chi connectivity index (χ3v) is 4.64. The molecule has 30 heavy (non-hydrogen) atoms. The summed E-state index contributed by atoms with van der Waals surface area (Å²) in [4.78, 5) is 36.6. The fourth-order valence-corrected chi connectivity index (χ4v) is 3.52. The Labute approximate surface area is 173 Å². The van der Waals surface area contributed by atoms with Crippen molar-refractivity contribution in [2.75, 3.05) is 18.1 Å². The van der Waals surface area contributed by atoms with Gasteiger partial charge in [0, 0.05) is 5.56 Å². The van der Waals surface area contributed by atoms with Crippen LogP contribution in [-0.2, 0) is 9.53 Å². The van der Waals surface area contributed by atoms with Gasteiger partial charge in [0.2, 0.25) is 5.76 Å². The van der Waals surface area contributed by atoms with Crippen molar-refractivity contribution in [1.82, 2.24) is 0 Å². The number of furan rings is 1. The monoisotopic (exact) mass is 414 g/mol. The van der Waals surface area contributed by atoms with Gasteiger partial charge in [-0.05, 0) is 57.5 Å². The van der Waals surface area contributed by atoms with E-state index in [1.807, 2.05) is 39.8 Å². The molecule has 9 heteroatoms. The van der Waals surface area contributed by atoms with Crippen LogP contribution in [0.1, 0.15) is 43.8 Å². The van der Waals surface area contributed by atoms with E-state index in [1.165, 1.54) is 0 Å². The number of nitro groups is 1. The van der Waals surface area contributed by atoms with Gasteiger partial charge < -0.3 is 13.9 Å². The summed E-state index contributed by atoms with van der Waals surface area (Å²) in [7, 11) is 0. The Morgan fingerprint density at radius 3 is 2.60 bits per heavy atom. The Morgan fingerprint density at radius 2 is 1.97 bits per heavy atom. The molecule has 0 N–H and O–H groups in total. The van der Waals surface area contributed by atoms with Gasteiger partial charge in [-0.1, -0.05) is 6.08 Å². The number of hydrogen-bond acceptors (Lipinski definition) is 7. The van der Waals surface area contributed by atoms with Gasteiger partial charge in [0.25, 0.3) is 5.91 Å². The highest BCUT2D eigenvalue weighted by Crippen LogP contribution is 2.40. The largest absolute Gasteiger partial charge is 0.494 e. The van der Waals surface area contributed by atoms with E-state index in [9.17, 15) is 19.7 Å². The van der Waals surface area contributed by atoms with Crippen LogP contribution in [0, 0.1) is 10.1 Å². The van der Waals surface area contributed by atoms with Gasteiger partial charge in [-0.15, -0.1) is 0 Å². The molecule has 0 fully saturated rings. The highest BCUT2D eigenvalue weighted by molar-refractivity contribution is 6.02. The Bertz CT molecular complexity index is 1040. The molecule has 0 aliphatic carbocycles. The van der Waals surface area contributed by atoms with Crippen LogP contribution in [0.5, 0.6) is 5.75 Å². The molecule has 0 atom stereocenters. The number of rotatable bonds is 6. The average Bonchev–Trinajstić information content (AvgIpc) is 3.17. The zero-order chi connectivity index (χ0) is 22.1. The first kappa shape index (κ1) is 21.1. The van der Waals surface area contributed by atoms with E-state index in [-0.39, 0.29) is 5.76 Å². The van der Waals surface area contributed by atoms with Crippen molar-refractivity contribution in [2.24, 2.45) is 0 Å². The molecule has 0 unspecified atom stereocenters. The SMILES string of the molecule is CCOc1ccc2c(c1)C(C)=CC(C)(C)N2C(=O)COC(=O)c1ccc([N+](=O)[O-])o1. The molecule has 158 valence electrons. The van der Waals surface area contributed by atoms with Gasteiger partial charge in [0.15, 0.2) is 6.61 Å². The van der Waals surface area contributed by atoms with Crippen LogP contribution in [-0.4, -0.2) is 35.6 Å². The summed E-state index contributed by atoms with van der Waals surface area (Å²) in [6.07, 6.45) is 1.96. The topological polar surface area (TPSA) is 112 Å². The first-order valence-corrected chi connectivity index (χ1v) is 9.35. The number of nitrogens with zero attached hydrogens (tertiary/aromatic N) is 2. The number of allylic oxidation sites excluding steroid dienone is 1. The molecule has 2 heterocycles. The fraction of sp³-hybridized carbons (Fsp3) is 0.333. The molecule has 1 aliphatic heterocycles. The Morgan fingerprint density at radius 1 is 1.23 bits per heavy atom. The number of fused-ring (bicyclic) bond motifs is 1. The summed E-state index contributed by atoms with van der Waals surface area (Å²) in [5.41, 5.74) is 1.87. The maximum atomic E-state index is 13.0. The summed E-state index contributed by atoms with van der Waals surface area (Å²) < 4.78 is 15.4. The van der Waals surface area contributed by atoms with E-state index in [2.05, 4.69) is 0 Å². The number of esters is 1. The minimum atomic E-state index is -0.954. The zero-order valence-corrected chi connectivity index (χ0v) is 17.1. The molecule has 3 rings (SSSR count). The lowest BCUT2D eigenvalue weighted by molar-refractivity contribution is -0.402. The Kier molecular flexibility index (Phi) is 5.64. The van der Waals surface area contributed by atoms with Crippen molar-refractivity contribution in [3.05, 3.63) is 57.8 Å². The summed E-state index contributed by atoms with van der Waals surface area (Å²) in [6, 6.07) is 7.63. The van der Waals surface area contributed by atoms with Crippen molar-refractivity contribution in [3.8, 4) is 5.75 Å². The van der Waals surface area contributed by atoms with Crippen molar-refractivity contribution in [1.29, 1.82) is 0 Å². The molecule has 9 nitrogen and oxygen atoms in total. The maximum absolute atomic E-state index is 13.0. The normalized spacial score (nSPS) is 14.5. The van der Waals surface area contributed by atoms with Crippen LogP contribution in [0.15, 0.2) is 40.8 Å². The molecule has 1 aromatic heterocycles. The molecule has 0 spiro atoms. The molecule has 0 saturated carbocycles. The summed E-state index contributed by atoms with van der Waals surface area (Å²) >= 11 is 0. The van der Waals surface area contributed by atoms with Crippen molar-refractivity contribution >= 4 is 29.0 Å². The van der Waals surface area contributed by atoms with E-state index in [0.717, 1.165) is 23.3 Å². The minimum absolute atomic E-state index is 0.343. The van der Waals surface area contributed by atoms with Crippen LogP contribution in [0.2, 0.25) is 0 Å². The molecule has 0 bridgehead atoms. The first-order valence-electron chi connectivity index (χ1n) is 9.35. The number of hydrogen-bond donors (Lipinski definition) is 0. The second kappa shape index (κ2) is 8.02. The maximum Gasteiger partial charge on any atom is 0.433 e. The summed E-state index contributed by atoms with van der Waals surface area (Å²) in [5.74, 6) is -1.62. The molecule has 1 aromatic carbocycles. The van der Waals surface area contributed by atoms with Crippen molar-refractivity contribution in [2.45, 2.75) is 33.2 Å². The van der Waals surface area contributed by atoms with Crippen LogP contribution >= 0.6 is 0 Å². The number of ether oxygens (including phenoxy) is 2. The smallest absolute Gasteiger partial charge is 0.433 e. The van der Waals surface area contributed by atoms with Gasteiger partial charge in [0.1, 0.15) is 10.7 Å². The van der Waals surface area contributed by atoms with Crippen LogP contribution in [0.3, 0.4) is 0 Å². The lowest BCUT2D eigenvalue weighted by atomic mass is 9.88. The summed E-state index contributed by atoms with van der Waals surface area (Å²) in [6.45, 7) is 7.59. The van der Waals surface area contributed by atoms with Crippen molar-refractivity contribution < 1.29 is 28.4 Å². The molecule has 1 amide bonds. The van der Waals surface area contributed by atoms with E-state index in [1.54, 1.807) is 17.0 Å².